The zero-order valence-electron chi connectivity index (χ0n) is 20.5. The van der Waals surface area contributed by atoms with E-state index in [0.717, 1.165) is 22.8 Å². The van der Waals surface area contributed by atoms with E-state index in [4.69, 9.17) is 4.74 Å². The van der Waals surface area contributed by atoms with Gasteiger partial charge in [-0.25, -0.2) is 8.78 Å². The summed E-state index contributed by atoms with van der Waals surface area (Å²) in [6.45, 7) is 2.08. The number of carboxylic acids is 1. The van der Waals surface area contributed by atoms with Gasteiger partial charge < -0.3 is 20.0 Å². The van der Waals surface area contributed by atoms with Gasteiger partial charge in [-0.05, 0) is 77.4 Å². The van der Waals surface area contributed by atoms with E-state index in [1.54, 1.807) is 18.2 Å². The van der Waals surface area contributed by atoms with Gasteiger partial charge in [-0.1, -0.05) is 30.3 Å². The van der Waals surface area contributed by atoms with Crippen molar-refractivity contribution in [2.24, 2.45) is 0 Å². The van der Waals surface area contributed by atoms with Crippen LogP contribution < -0.4 is 29.3 Å². The first kappa shape index (κ1) is 29.6. The average molecular weight is 506 g/mol. The number of carboxylic acid groups (broad SMARTS) is 1. The standard InChI is InChI=1S/C27H27F2NO4S.Li/c1-17-5-3-4-6-22(17)24-13-18(15-34-16-19-11-20(28)14-21(29)12-19)7-8-23(24)26(31)30-25(27(32)33)9-10-35-2;/h3-8,11-14,25H,9-10,15-16H2,1-2H3,(H,30,31)(H,32,33);/q;+1/p-1/t25-;/m0./s1. The van der Waals surface area contributed by atoms with E-state index in [-0.39, 0.29) is 38.5 Å². The van der Waals surface area contributed by atoms with Crippen LogP contribution in [0.1, 0.15) is 33.5 Å². The molecule has 9 heteroatoms. The molecule has 36 heavy (non-hydrogen) atoms. The van der Waals surface area contributed by atoms with Crippen molar-refractivity contribution in [2.45, 2.75) is 32.6 Å². The summed E-state index contributed by atoms with van der Waals surface area (Å²) in [6, 6.07) is 14.8. The average Bonchev–Trinajstić information content (AvgIpc) is 2.81. The molecular formula is C27H26F2LiNO4S. The number of benzene rings is 3. The third-order valence-electron chi connectivity index (χ3n) is 5.42. The van der Waals surface area contributed by atoms with Gasteiger partial charge >= 0.3 is 18.9 Å². The van der Waals surface area contributed by atoms with Crippen molar-refractivity contribution in [3.05, 3.63) is 94.6 Å². The second-order valence-electron chi connectivity index (χ2n) is 8.09. The van der Waals surface area contributed by atoms with Crippen LogP contribution in [-0.4, -0.2) is 29.9 Å². The number of rotatable bonds is 11. The zero-order chi connectivity index (χ0) is 25.4. The number of thioether (sulfide) groups is 1. The molecule has 0 aliphatic heterocycles. The summed E-state index contributed by atoms with van der Waals surface area (Å²) >= 11 is 1.48. The minimum Gasteiger partial charge on any atom is -0.548 e. The molecule has 0 bridgehead atoms. The van der Waals surface area contributed by atoms with Crippen LogP contribution in [0.2, 0.25) is 0 Å². The molecule has 0 unspecified atom stereocenters. The molecule has 184 valence electrons. The molecule has 1 N–H and O–H groups in total. The molecule has 0 heterocycles. The van der Waals surface area contributed by atoms with Gasteiger partial charge in [-0.2, -0.15) is 11.8 Å². The van der Waals surface area contributed by atoms with Gasteiger partial charge in [-0.3, -0.25) is 4.79 Å². The fourth-order valence-corrected chi connectivity index (χ4v) is 4.15. The van der Waals surface area contributed by atoms with Crippen LogP contribution in [0.5, 0.6) is 0 Å². The monoisotopic (exact) mass is 505 g/mol. The van der Waals surface area contributed by atoms with Gasteiger partial charge in [0.25, 0.3) is 5.91 Å². The molecular weight excluding hydrogens is 479 g/mol. The van der Waals surface area contributed by atoms with Crippen LogP contribution >= 0.6 is 11.8 Å². The van der Waals surface area contributed by atoms with Gasteiger partial charge in [0.05, 0.1) is 25.2 Å². The fourth-order valence-electron chi connectivity index (χ4n) is 3.68. The number of carbonyl (C=O) groups excluding carboxylic acids is 2. The summed E-state index contributed by atoms with van der Waals surface area (Å²) in [5, 5.41) is 14.1. The minimum atomic E-state index is -1.33. The second-order valence-corrected chi connectivity index (χ2v) is 9.08. The predicted molar refractivity (Wildman–Crippen MR) is 131 cm³/mol. The van der Waals surface area contributed by atoms with Crippen LogP contribution in [0.15, 0.2) is 60.7 Å². The van der Waals surface area contributed by atoms with E-state index in [1.807, 2.05) is 37.4 Å². The van der Waals surface area contributed by atoms with E-state index >= 15 is 0 Å². The normalized spacial score (nSPS) is 11.4. The Morgan fingerprint density at radius 2 is 1.64 bits per heavy atom. The summed E-state index contributed by atoms with van der Waals surface area (Å²) in [5.41, 5.74) is 3.83. The molecule has 3 aromatic rings. The van der Waals surface area contributed by atoms with Gasteiger partial charge in [0.1, 0.15) is 11.6 Å². The summed E-state index contributed by atoms with van der Waals surface area (Å²) in [4.78, 5) is 24.6. The largest absolute Gasteiger partial charge is 1.00 e. The van der Waals surface area contributed by atoms with Crippen molar-refractivity contribution >= 4 is 23.6 Å². The third-order valence-corrected chi connectivity index (χ3v) is 6.07. The van der Waals surface area contributed by atoms with E-state index in [2.05, 4.69) is 5.32 Å². The van der Waals surface area contributed by atoms with Gasteiger partial charge in [0.15, 0.2) is 0 Å². The molecule has 0 saturated heterocycles. The number of carbonyl (C=O) groups is 2. The SMILES string of the molecule is CSCC[C@H](NC(=O)c1ccc(COCc2cc(F)cc(F)c2)cc1-c1ccccc1C)C(=O)[O-].[Li+]. The Balaban J connectivity index is 0.00000456. The molecule has 0 fully saturated rings. The van der Waals surface area contributed by atoms with Gasteiger partial charge in [0, 0.05) is 11.6 Å². The van der Waals surface area contributed by atoms with Crippen molar-refractivity contribution < 1.29 is 47.1 Å². The molecule has 3 aromatic carbocycles. The van der Waals surface area contributed by atoms with Crippen LogP contribution in [-0.2, 0) is 22.7 Å². The van der Waals surface area contributed by atoms with Crippen molar-refractivity contribution in [2.75, 3.05) is 12.0 Å². The molecule has 0 radical (unpaired) electrons. The minimum absolute atomic E-state index is 0. The Hall–Kier alpha value is -2.63. The zero-order valence-corrected chi connectivity index (χ0v) is 21.3. The molecule has 3 rings (SSSR count). The van der Waals surface area contributed by atoms with Crippen LogP contribution in [0.25, 0.3) is 11.1 Å². The number of aryl methyl sites for hydroxylation is 1. The summed E-state index contributed by atoms with van der Waals surface area (Å²) in [6.07, 6.45) is 2.11. The smallest absolute Gasteiger partial charge is 0.548 e. The van der Waals surface area contributed by atoms with E-state index in [0.29, 0.717) is 22.4 Å². The summed E-state index contributed by atoms with van der Waals surface area (Å²) in [7, 11) is 0. The maximum absolute atomic E-state index is 13.4. The number of halogens is 2. The molecule has 0 aliphatic carbocycles. The number of hydrogen-bond donors (Lipinski definition) is 1. The van der Waals surface area contributed by atoms with Crippen molar-refractivity contribution in [1.82, 2.24) is 5.32 Å². The quantitative estimate of drug-likeness (QED) is 0.397. The molecule has 1 atom stereocenters. The van der Waals surface area contributed by atoms with Crippen molar-refractivity contribution in [3.63, 3.8) is 0 Å². The first-order valence-electron chi connectivity index (χ1n) is 11.0. The van der Waals surface area contributed by atoms with Crippen molar-refractivity contribution in [1.29, 1.82) is 0 Å². The Morgan fingerprint density at radius 3 is 2.28 bits per heavy atom. The summed E-state index contributed by atoms with van der Waals surface area (Å²) < 4.78 is 32.5. The summed E-state index contributed by atoms with van der Waals surface area (Å²) in [5.74, 6) is -2.62. The Labute approximate surface area is 225 Å². The van der Waals surface area contributed by atoms with Crippen LogP contribution in [0.4, 0.5) is 8.78 Å². The van der Waals surface area contributed by atoms with Crippen molar-refractivity contribution in [3.8, 4) is 11.1 Å². The molecule has 0 aliphatic rings. The maximum Gasteiger partial charge on any atom is 1.00 e. The Morgan fingerprint density at radius 1 is 0.972 bits per heavy atom. The molecule has 0 aromatic heterocycles. The van der Waals surface area contributed by atoms with E-state index < -0.39 is 29.6 Å². The Kier molecular flexibility index (Phi) is 11.7. The first-order chi connectivity index (χ1) is 16.8. The Bertz CT molecular complexity index is 1190. The maximum atomic E-state index is 13.4. The fraction of sp³-hybridized carbons (Fsp3) is 0.259. The molecule has 0 spiro atoms. The van der Waals surface area contributed by atoms with E-state index in [9.17, 15) is 23.5 Å². The number of hydrogen-bond acceptors (Lipinski definition) is 5. The number of aliphatic carboxylic acids is 1. The van der Waals surface area contributed by atoms with Gasteiger partial charge in [-0.15, -0.1) is 0 Å². The third kappa shape index (κ3) is 8.21. The number of ether oxygens (including phenoxy) is 1. The van der Waals surface area contributed by atoms with E-state index in [1.165, 1.54) is 23.9 Å². The molecule has 0 saturated carbocycles. The first-order valence-corrected chi connectivity index (χ1v) is 12.4. The topological polar surface area (TPSA) is 78.5 Å². The van der Waals surface area contributed by atoms with Crippen LogP contribution in [0.3, 0.4) is 0 Å². The molecule has 5 nitrogen and oxygen atoms in total. The second kappa shape index (κ2) is 14.2. The predicted octanol–water partition coefficient (Wildman–Crippen LogP) is 1.26. The molecule has 1 amide bonds. The van der Waals surface area contributed by atoms with Gasteiger partial charge in [0.2, 0.25) is 0 Å². The number of amides is 1. The van der Waals surface area contributed by atoms with Crippen LogP contribution in [0, 0.1) is 18.6 Å². The number of nitrogens with one attached hydrogen (secondary N) is 1.